The Morgan fingerprint density at radius 2 is 0.942 bits per heavy atom. The summed E-state index contributed by atoms with van der Waals surface area (Å²) in [5.41, 5.74) is -0.136. The average molecular weight is 1060 g/mol. The maximum atomic E-state index is 14.0. The first-order chi connectivity index (χ1) is 31.2. The van der Waals surface area contributed by atoms with Gasteiger partial charge in [0.1, 0.15) is 17.3 Å². The van der Waals surface area contributed by atoms with Crippen molar-refractivity contribution in [2.45, 2.75) is 267 Å². The van der Waals surface area contributed by atoms with Crippen molar-refractivity contribution in [1.82, 2.24) is 0 Å². The predicted molar refractivity (Wildman–Crippen MR) is 276 cm³/mol. The van der Waals surface area contributed by atoms with E-state index in [-0.39, 0.29) is 99.5 Å². The van der Waals surface area contributed by atoms with Gasteiger partial charge in [0.05, 0.1) is 41.0 Å². The number of fused-ring (bicyclic) bond motifs is 4. The summed E-state index contributed by atoms with van der Waals surface area (Å²) < 4.78 is 13.5. The Kier molecular flexibility index (Phi) is 11.3. The Hall–Kier alpha value is -0.280. The molecule has 6 unspecified atom stereocenters. The summed E-state index contributed by atoms with van der Waals surface area (Å²) in [7, 11) is 0. The number of ketones is 3. The zero-order chi connectivity index (χ0) is 49.5. The maximum absolute atomic E-state index is 14.0. The second kappa shape index (κ2) is 15.0. The van der Waals surface area contributed by atoms with E-state index < -0.39 is 11.2 Å². The number of Topliss-reactive ketones (excluding diaryl/α,β-unsaturated/α-hetero) is 3. The molecule has 12 rings (SSSR count). The summed E-state index contributed by atoms with van der Waals surface area (Å²) in [4.78, 5) is 39.8. The molecule has 2 heterocycles. The molecule has 0 radical (unpaired) electrons. The molecule has 0 amide bonds. The number of rotatable bonds is 3. The van der Waals surface area contributed by atoms with E-state index in [1.165, 1.54) is 51.4 Å². The quantitative estimate of drug-likeness (QED) is 0.290. The molecule has 8 heteroatoms. The standard InChI is InChI=1S/C31H48O3.C30H48O4.In.3H/c1-25(2,3)23-12-13-29(8,34-23)24-19(32)17-28(7)21-10-9-20-26(4,5)22(33)11-14-30(20)18-31(21,30)16-15-27(24,28)6;1-24(2)19-8-9-20-27(6)16-18(31)23(28(7)12-11-22(34-28)25(3,4)33)26(27,5)14-15-30(20)17-29(19,30)13-10-21(24)32;;;;/h20-21,23-24H,9-18H2,1-8H3;18-20,22-23,31,33H,8-17H2,1-7H3;;;;/t20?,21?,23-,24?,27-,28+,29+,30-,31+;18-,19?,20?,22+,23?,26+,27-,28-,29+,30-;;;;/m10..../s1. The molecule has 0 aromatic heterocycles. The van der Waals surface area contributed by atoms with Gasteiger partial charge >= 0.3 is 25.8 Å². The van der Waals surface area contributed by atoms with E-state index in [1.807, 2.05) is 13.8 Å². The molecular weight excluding hydrogens is 959 g/mol. The van der Waals surface area contributed by atoms with Gasteiger partial charge in [-0.05, 0) is 209 Å². The summed E-state index contributed by atoms with van der Waals surface area (Å²) in [6.45, 7) is 33.9. The van der Waals surface area contributed by atoms with Crippen molar-refractivity contribution in [1.29, 1.82) is 0 Å². The molecule has 7 nitrogen and oxygen atoms in total. The Labute approximate surface area is 437 Å². The van der Waals surface area contributed by atoms with Gasteiger partial charge in [-0.3, -0.25) is 14.4 Å². The third-order valence-corrected chi connectivity index (χ3v) is 27.1. The SMILES string of the molecule is CC1(C)C(=O)CC[C@]23C[C@]24CC[C@]2(C)C([C@]5(C)CC[C@H](C(C)(C)C)O5)C(=O)C[C@@]2(C)C4CCC13.CC1(C)C(=O)CC[C@]23C[C@]24CC[C@]2(C)C([C@]5(C)CC[C@H](C(C)(C)O)O5)[C@@H](O)C[C@@]2(C)C4CCC13.[InH3]. The second-order valence-corrected chi connectivity index (χ2v) is 31.6. The molecule has 388 valence electrons. The number of hydrogen-bond acceptors (Lipinski definition) is 7. The van der Waals surface area contributed by atoms with E-state index in [4.69, 9.17) is 9.47 Å². The molecule has 19 atom stereocenters. The Bertz CT molecular complexity index is 2190. The van der Waals surface area contributed by atoms with Gasteiger partial charge in [0, 0.05) is 36.0 Å². The van der Waals surface area contributed by atoms with Gasteiger partial charge in [0.25, 0.3) is 0 Å². The van der Waals surface area contributed by atoms with E-state index in [2.05, 4.69) is 90.0 Å². The van der Waals surface area contributed by atoms with Crippen LogP contribution in [0.1, 0.15) is 232 Å². The average Bonchev–Trinajstić information content (AvgIpc) is 3.82. The van der Waals surface area contributed by atoms with Crippen LogP contribution in [0.4, 0.5) is 0 Å². The van der Waals surface area contributed by atoms with Crippen LogP contribution in [0.3, 0.4) is 0 Å². The predicted octanol–water partition coefficient (Wildman–Crippen LogP) is 11.6. The summed E-state index contributed by atoms with van der Waals surface area (Å²) in [6.07, 6.45) is 21.1. The molecule has 0 bridgehead atoms. The van der Waals surface area contributed by atoms with Gasteiger partial charge in [-0.1, -0.05) is 76.2 Å². The number of carbonyl (C=O) groups is 3. The van der Waals surface area contributed by atoms with E-state index >= 15 is 0 Å². The zero-order valence-corrected chi connectivity index (χ0v) is 45.8. The molecule has 12 fully saturated rings. The van der Waals surface area contributed by atoms with Gasteiger partial charge in [-0.15, -0.1) is 0 Å². The number of carbonyl (C=O) groups excluding carboxylic acids is 3. The normalized spacial score (nSPS) is 56.1. The minimum atomic E-state index is -0.855. The van der Waals surface area contributed by atoms with Crippen molar-refractivity contribution >= 4 is 43.2 Å². The fraction of sp³-hybridized carbons (Fsp3) is 0.951. The molecular formula is C61H99InO7. The van der Waals surface area contributed by atoms with Gasteiger partial charge < -0.3 is 19.7 Å². The van der Waals surface area contributed by atoms with Crippen molar-refractivity contribution in [2.75, 3.05) is 0 Å². The summed E-state index contributed by atoms with van der Waals surface area (Å²) in [6, 6.07) is 0. The number of aliphatic hydroxyl groups excluding tert-OH is 1. The van der Waals surface area contributed by atoms with Gasteiger partial charge in [0.15, 0.2) is 0 Å². The molecule has 0 aromatic rings. The third kappa shape index (κ3) is 6.29. The fourth-order valence-electron chi connectivity index (χ4n) is 23.6. The van der Waals surface area contributed by atoms with Crippen molar-refractivity contribution in [3.05, 3.63) is 0 Å². The van der Waals surface area contributed by atoms with Crippen LogP contribution in [-0.4, -0.2) is 88.5 Å². The monoisotopic (exact) mass is 1060 g/mol. The molecule has 4 spiro atoms. The first-order valence-corrected chi connectivity index (χ1v) is 28.5. The summed E-state index contributed by atoms with van der Waals surface area (Å²) in [5.74, 6) is 3.92. The summed E-state index contributed by atoms with van der Waals surface area (Å²) >= 11 is 0. The van der Waals surface area contributed by atoms with Crippen LogP contribution in [0, 0.1) is 95.1 Å². The number of hydrogen-bond donors (Lipinski definition) is 2. The molecule has 2 N–H and O–H groups in total. The molecule has 0 aromatic carbocycles. The van der Waals surface area contributed by atoms with Crippen LogP contribution in [-0.2, 0) is 23.9 Å². The molecule has 2 aliphatic heterocycles. The minimum absolute atomic E-state index is 0. The van der Waals surface area contributed by atoms with E-state index in [9.17, 15) is 24.6 Å². The van der Waals surface area contributed by atoms with E-state index in [1.54, 1.807) is 0 Å². The zero-order valence-electron chi connectivity index (χ0n) is 45.8. The molecule has 2 saturated heterocycles. The van der Waals surface area contributed by atoms with Crippen LogP contribution in [0.25, 0.3) is 0 Å². The van der Waals surface area contributed by atoms with Crippen molar-refractivity contribution in [3.8, 4) is 0 Å². The fourth-order valence-corrected chi connectivity index (χ4v) is 23.6. The Balaban J connectivity index is 0.000000158. The molecule has 10 aliphatic carbocycles. The van der Waals surface area contributed by atoms with Crippen LogP contribution in [0.2, 0.25) is 0 Å². The van der Waals surface area contributed by atoms with E-state index in [0.29, 0.717) is 62.7 Å². The van der Waals surface area contributed by atoms with Crippen LogP contribution in [0.5, 0.6) is 0 Å². The van der Waals surface area contributed by atoms with Crippen LogP contribution < -0.4 is 0 Å². The van der Waals surface area contributed by atoms with Crippen LogP contribution >= 0.6 is 0 Å². The van der Waals surface area contributed by atoms with Crippen molar-refractivity contribution in [3.63, 3.8) is 0 Å². The topological polar surface area (TPSA) is 110 Å². The Morgan fingerprint density at radius 1 is 0.507 bits per heavy atom. The third-order valence-electron chi connectivity index (χ3n) is 27.1. The number of aliphatic hydroxyl groups is 2. The summed E-state index contributed by atoms with van der Waals surface area (Å²) in [5, 5.41) is 22.4. The first kappa shape index (κ1) is 52.2. The molecule has 12 aliphatic rings. The van der Waals surface area contributed by atoms with Crippen LogP contribution in [0.15, 0.2) is 0 Å². The number of ether oxygens (including phenoxy) is 2. The molecule has 10 saturated carbocycles. The second-order valence-electron chi connectivity index (χ2n) is 31.6. The Morgan fingerprint density at radius 3 is 1.42 bits per heavy atom. The van der Waals surface area contributed by atoms with Gasteiger partial charge in [0.2, 0.25) is 0 Å². The van der Waals surface area contributed by atoms with Crippen molar-refractivity contribution < 1.29 is 34.1 Å². The molecule has 69 heavy (non-hydrogen) atoms. The van der Waals surface area contributed by atoms with Crippen molar-refractivity contribution in [2.24, 2.45) is 95.1 Å². The van der Waals surface area contributed by atoms with Gasteiger partial charge in [-0.2, -0.15) is 0 Å². The van der Waals surface area contributed by atoms with Gasteiger partial charge in [-0.25, -0.2) is 0 Å². The van der Waals surface area contributed by atoms with E-state index in [0.717, 1.165) is 77.0 Å². The first-order valence-electron chi connectivity index (χ1n) is 28.5.